The number of nitrogens with zero attached hydrogens (tertiary/aromatic N) is 1. The van der Waals surface area contributed by atoms with Gasteiger partial charge in [-0.2, -0.15) is 0 Å². The summed E-state index contributed by atoms with van der Waals surface area (Å²) in [6.45, 7) is 7.02. The van der Waals surface area contributed by atoms with E-state index in [-0.39, 0.29) is 0 Å². The molecule has 0 radical (unpaired) electrons. The number of piperazine rings is 1. The number of methoxy groups -OCH3 is 3. The summed E-state index contributed by atoms with van der Waals surface area (Å²) in [5.74, 6) is 2.38. The van der Waals surface area contributed by atoms with Gasteiger partial charge < -0.3 is 29.3 Å². The first-order valence-corrected chi connectivity index (χ1v) is 10.2. The van der Waals surface area contributed by atoms with Gasteiger partial charge in [0.2, 0.25) is 0 Å². The minimum Gasteiger partial charge on any atom is -0.497 e. The molecule has 0 aliphatic carbocycles. The van der Waals surface area contributed by atoms with Gasteiger partial charge in [0.25, 0.3) is 0 Å². The molecule has 0 saturated carbocycles. The van der Waals surface area contributed by atoms with Crippen LogP contribution in [0.25, 0.3) is 0 Å². The van der Waals surface area contributed by atoms with Crippen molar-refractivity contribution >= 4 is 23.0 Å². The van der Waals surface area contributed by atoms with Crippen LogP contribution in [0.4, 0.5) is 5.69 Å². The number of rotatable bonds is 6. The molecule has 1 aliphatic rings. The molecule has 0 amide bonds. The minimum absolute atomic E-state index is 0.764. The summed E-state index contributed by atoms with van der Waals surface area (Å²) in [7, 11) is 5.02. The van der Waals surface area contributed by atoms with Gasteiger partial charge in [0, 0.05) is 17.3 Å². The lowest BCUT2D eigenvalue weighted by atomic mass is 10.1. The number of benzene rings is 2. The van der Waals surface area contributed by atoms with E-state index < -0.39 is 0 Å². The van der Waals surface area contributed by atoms with Crippen LogP contribution in [0, 0.1) is 6.92 Å². The second-order valence-corrected chi connectivity index (χ2v) is 7.60. The molecule has 0 aromatic heterocycles. The summed E-state index contributed by atoms with van der Waals surface area (Å²) >= 11 is 5.62. The average molecular weight is 417 g/mol. The molecule has 0 unspecified atom stereocenters. The first-order valence-electron chi connectivity index (χ1n) is 9.79. The number of hydrogen-bond acceptors (Lipinski definition) is 4. The molecule has 29 heavy (non-hydrogen) atoms. The molecule has 2 N–H and O–H groups in total. The SMILES string of the molecule is COc1cccc(NC(=S)N2CC[NH+](Cc3cc(OC)c(OC)cc3C)CC2)c1. The Bertz CT molecular complexity index is 851. The van der Waals surface area contributed by atoms with Crippen LogP contribution < -0.4 is 24.4 Å². The molecule has 2 aromatic rings. The topological polar surface area (TPSA) is 47.4 Å². The second-order valence-electron chi connectivity index (χ2n) is 7.21. The Hall–Kier alpha value is -2.51. The van der Waals surface area contributed by atoms with Gasteiger partial charge in [0.05, 0.1) is 47.5 Å². The molecule has 0 atom stereocenters. The van der Waals surface area contributed by atoms with Crippen LogP contribution in [0.3, 0.4) is 0 Å². The highest BCUT2D eigenvalue weighted by molar-refractivity contribution is 7.80. The van der Waals surface area contributed by atoms with Crippen molar-refractivity contribution in [1.29, 1.82) is 0 Å². The maximum Gasteiger partial charge on any atom is 0.173 e. The lowest BCUT2D eigenvalue weighted by molar-refractivity contribution is -0.917. The zero-order chi connectivity index (χ0) is 20.8. The first-order chi connectivity index (χ1) is 14.0. The largest absolute Gasteiger partial charge is 0.497 e. The Balaban J connectivity index is 1.56. The van der Waals surface area contributed by atoms with E-state index in [4.69, 9.17) is 26.4 Å². The van der Waals surface area contributed by atoms with Crippen LogP contribution in [0.1, 0.15) is 11.1 Å². The van der Waals surface area contributed by atoms with Crippen molar-refractivity contribution in [1.82, 2.24) is 4.90 Å². The van der Waals surface area contributed by atoms with Crippen molar-refractivity contribution in [2.45, 2.75) is 13.5 Å². The Morgan fingerprint density at radius 3 is 2.38 bits per heavy atom. The van der Waals surface area contributed by atoms with Crippen LogP contribution in [0.5, 0.6) is 17.2 Å². The Labute approximate surface area is 178 Å². The van der Waals surface area contributed by atoms with E-state index in [1.165, 1.54) is 11.1 Å². The molecule has 7 heteroatoms. The Kier molecular flexibility index (Phi) is 7.17. The van der Waals surface area contributed by atoms with E-state index in [1.54, 1.807) is 26.2 Å². The molecule has 1 heterocycles. The van der Waals surface area contributed by atoms with Gasteiger partial charge in [-0.05, 0) is 49.0 Å². The van der Waals surface area contributed by atoms with E-state index in [1.807, 2.05) is 24.3 Å². The first kappa shape index (κ1) is 21.2. The minimum atomic E-state index is 0.764. The summed E-state index contributed by atoms with van der Waals surface area (Å²) in [5.41, 5.74) is 3.47. The van der Waals surface area contributed by atoms with Crippen molar-refractivity contribution < 1.29 is 19.1 Å². The number of hydrogen-bond donors (Lipinski definition) is 2. The molecule has 1 fully saturated rings. The van der Waals surface area contributed by atoms with E-state index in [0.29, 0.717) is 0 Å². The quantitative estimate of drug-likeness (QED) is 0.704. The van der Waals surface area contributed by atoms with Crippen molar-refractivity contribution in [2.75, 3.05) is 52.8 Å². The number of nitrogens with one attached hydrogen (secondary N) is 2. The van der Waals surface area contributed by atoms with Gasteiger partial charge in [0.15, 0.2) is 16.6 Å². The van der Waals surface area contributed by atoms with E-state index in [0.717, 1.165) is 60.8 Å². The van der Waals surface area contributed by atoms with Gasteiger partial charge in [0.1, 0.15) is 12.3 Å². The fraction of sp³-hybridized carbons (Fsp3) is 0.409. The van der Waals surface area contributed by atoms with Gasteiger partial charge in [-0.25, -0.2) is 0 Å². The van der Waals surface area contributed by atoms with Crippen LogP contribution in [0.2, 0.25) is 0 Å². The maximum absolute atomic E-state index is 5.62. The number of thiocarbonyl (C=S) groups is 1. The molecule has 0 bridgehead atoms. The van der Waals surface area contributed by atoms with E-state index in [9.17, 15) is 0 Å². The fourth-order valence-corrected chi connectivity index (χ4v) is 3.89. The van der Waals surface area contributed by atoms with Gasteiger partial charge in [-0.15, -0.1) is 0 Å². The number of ether oxygens (including phenoxy) is 3. The van der Waals surface area contributed by atoms with Gasteiger partial charge in [-0.3, -0.25) is 0 Å². The normalized spacial score (nSPS) is 14.4. The van der Waals surface area contributed by atoms with Crippen LogP contribution in [0.15, 0.2) is 36.4 Å². The van der Waals surface area contributed by atoms with Crippen molar-refractivity contribution in [2.24, 2.45) is 0 Å². The zero-order valence-electron chi connectivity index (χ0n) is 17.6. The third-order valence-corrected chi connectivity index (χ3v) is 5.72. The monoisotopic (exact) mass is 416 g/mol. The molecule has 6 nitrogen and oxygen atoms in total. The second kappa shape index (κ2) is 9.80. The zero-order valence-corrected chi connectivity index (χ0v) is 18.4. The summed E-state index contributed by atoms with van der Waals surface area (Å²) in [5, 5.41) is 4.09. The molecule has 156 valence electrons. The summed E-state index contributed by atoms with van der Waals surface area (Å²) < 4.78 is 16.1. The van der Waals surface area contributed by atoms with Gasteiger partial charge >= 0.3 is 0 Å². The van der Waals surface area contributed by atoms with Gasteiger partial charge in [-0.1, -0.05) is 6.07 Å². The smallest absolute Gasteiger partial charge is 0.173 e. The Morgan fingerprint density at radius 1 is 1.03 bits per heavy atom. The highest BCUT2D eigenvalue weighted by Gasteiger charge is 2.23. The summed E-state index contributed by atoms with van der Waals surface area (Å²) in [4.78, 5) is 3.78. The average Bonchev–Trinajstić information content (AvgIpc) is 2.75. The third kappa shape index (κ3) is 5.31. The standard InChI is InChI=1S/C22H29N3O3S/c1-16-12-20(27-3)21(28-4)13-17(16)15-24-8-10-25(11-9-24)22(29)23-18-6-5-7-19(14-18)26-2/h5-7,12-14H,8-11,15H2,1-4H3,(H,23,29)/p+1. The highest BCUT2D eigenvalue weighted by Crippen LogP contribution is 2.30. The third-order valence-electron chi connectivity index (χ3n) is 5.36. The van der Waals surface area contributed by atoms with Crippen LogP contribution >= 0.6 is 12.2 Å². The predicted octanol–water partition coefficient (Wildman–Crippen LogP) is 2.12. The van der Waals surface area contributed by atoms with Crippen LogP contribution in [-0.4, -0.2) is 57.5 Å². The Morgan fingerprint density at radius 2 is 1.72 bits per heavy atom. The molecule has 3 rings (SSSR count). The van der Waals surface area contributed by atoms with Crippen molar-refractivity contribution in [3.8, 4) is 17.2 Å². The number of anilines is 1. The number of quaternary nitrogens is 1. The molecular weight excluding hydrogens is 386 g/mol. The van der Waals surface area contributed by atoms with E-state index in [2.05, 4.69) is 29.3 Å². The lowest BCUT2D eigenvalue weighted by Gasteiger charge is -2.34. The molecule has 2 aromatic carbocycles. The fourth-order valence-electron chi connectivity index (χ4n) is 3.59. The molecule has 1 aliphatic heterocycles. The molecular formula is C22H30N3O3S+. The summed E-state index contributed by atoms with van der Waals surface area (Å²) in [6.07, 6.45) is 0. The lowest BCUT2D eigenvalue weighted by Crippen LogP contribution is -3.13. The van der Waals surface area contributed by atoms with Crippen LogP contribution in [-0.2, 0) is 6.54 Å². The predicted molar refractivity (Wildman–Crippen MR) is 119 cm³/mol. The molecule has 1 saturated heterocycles. The van der Waals surface area contributed by atoms with E-state index >= 15 is 0 Å². The number of aryl methyl sites for hydroxylation is 1. The highest BCUT2D eigenvalue weighted by atomic mass is 32.1. The van der Waals surface area contributed by atoms with Crippen molar-refractivity contribution in [3.05, 3.63) is 47.5 Å². The summed E-state index contributed by atoms with van der Waals surface area (Å²) in [6, 6.07) is 12.0. The molecule has 0 spiro atoms. The maximum atomic E-state index is 5.62. The van der Waals surface area contributed by atoms with Crippen molar-refractivity contribution in [3.63, 3.8) is 0 Å².